The molecule has 1 N–H and O–H groups in total. The maximum absolute atomic E-state index is 11.9. The van der Waals surface area contributed by atoms with Crippen LogP contribution >= 0.6 is 0 Å². The van der Waals surface area contributed by atoms with Gasteiger partial charge in [-0.25, -0.2) is 8.78 Å². The summed E-state index contributed by atoms with van der Waals surface area (Å²) in [5.74, 6) is 0. The second-order valence-electron chi connectivity index (χ2n) is 4.44. The quantitative estimate of drug-likeness (QED) is 0.757. The van der Waals surface area contributed by atoms with Crippen molar-refractivity contribution in [3.8, 4) is 0 Å². The Balaban J connectivity index is 2.52. The lowest BCUT2D eigenvalue weighted by atomic mass is 9.99. The minimum Gasteiger partial charge on any atom is -0.375 e. The largest absolute Gasteiger partial charge is 0.375 e. The van der Waals surface area contributed by atoms with E-state index in [1.807, 2.05) is 7.05 Å². The number of aryl methyl sites for hydroxylation is 2. The van der Waals surface area contributed by atoms with E-state index >= 15 is 0 Å². The summed E-state index contributed by atoms with van der Waals surface area (Å²) in [6.45, 7) is 3.99. The van der Waals surface area contributed by atoms with E-state index in [-0.39, 0.29) is 6.04 Å². The average Bonchev–Trinajstić information content (AvgIpc) is 2.33. The van der Waals surface area contributed by atoms with Gasteiger partial charge in [0.15, 0.2) is 0 Å². The molecule has 0 spiro atoms. The Morgan fingerprint density at radius 2 is 1.94 bits per heavy atom. The number of rotatable bonds is 7. The number of nitrogens with one attached hydrogen (secondary N) is 1. The smallest absolute Gasteiger partial charge is 0.261 e. The van der Waals surface area contributed by atoms with Crippen molar-refractivity contribution in [1.82, 2.24) is 5.32 Å². The van der Waals surface area contributed by atoms with Crippen LogP contribution < -0.4 is 5.32 Å². The molecular formula is C14H21F2NO. The number of hydrogen-bond donors (Lipinski definition) is 1. The Morgan fingerprint density at radius 3 is 2.50 bits per heavy atom. The van der Waals surface area contributed by atoms with E-state index in [4.69, 9.17) is 4.74 Å². The molecule has 0 aliphatic rings. The van der Waals surface area contributed by atoms with E-state index in [9.17, 15) is 8.78 Å². The Kier molecular flexibility index (Phi) is 6.22. The number of ether oxygens (including phenoxy) is 1. The van der Waals surface area contributed by atoms with Crippen LogP contribution in [0.2, 0.25) is 0 Å². The standard InChI is InChI=1S/C14H21F2NO/c1-10-4-5-12(8-11(10)2)13(17-3)6-7-18-9-14(15)16/h4-5,8,13-14,17H,6-7,9H2,1-3H3. The SMILES string of the molecule is CNC(CCOCC(F)F)c1ccc(C)c(C)c1. The van der Waals surface area contributed by atoms with E-state index in [0.29, 0.717) is 13.0 Å². The van der Waals surface area contributed by atoms with Gasteiger partial charge in [0.2, 0.25) is 0 Å². The van der Waals surface area contributed by atoms with Crippen LogP contribution in [-0.2, 0) is 4.74 Å². The van der Waals surface area contributed by atoms with Gasteiger partial charge in [0.05, 0.1) is 0 Å². The zero-order valence-electron chi connectivity index (χ0n) is 11.2. The van der Waals surface area contributed by atoms with Crippen LogP contribution in [0.3, 0.4) is 0 Å². The number of halogens is 2. The first-order valence-electron chi connectivity index (χ1n) is 6.15. The first-order valence-corrected chi connectivity index (χ1v) is 6.15. The third-order valence-corrected chi connectivity index (χ3v) is 3.08. The lowest BCUT2D eigenvalue weighted by Gasteiger charge is -2.18. The predicted octanol–water partition coefficient (Wildman–Crippen LogP) is 3.24. The zero-order chi connectivity index (χ0) is 13.5. The topological polar surface area (TPSA) is 21.3 Å². The molecule has 1 aromatic rings. The van der Waals surface area contributed by atoms with Crippen LogP contribution in [0.15, 0.2) is 18.2 Å². The summed E-state index contributed by atoms with van der Waals surface area (Å²) in [5.41, 5.74) is 3.66. The number of benzene rings is 1. The summed E-state index contributed by atoms with van der Waals surface area (Å²) >= 11 is 0. The van der Waals surface area contributed by atoms with E-state index < -0.39 is 13.0 Å². The van der Waals surface area contributed by atoms with Crippen LogP contribution in [0, 0.1) is 13.8 Å². The monoisotopic (exact) mass is 257 g/mol. The van der Waals surface area contributed by atoms with Crippen molar-refractivity contribution >= 4 is 0 Å². The van der Waals surface area contributed by atoms with E-state index in [1.165, 1.54) is 16.7 Å². The maximum atomic E-state index is 11.9. The molecule has 0 radical (unpaired) electrons. The van der Waals surface area contributed by atoms with Crippen LogP contribution in [0.4, 0.5) is 8.78 Å². The van der Waals surface area contributed by atoms with Crippen molar-refractivity contribution in [3.63, 3.8) is 0 Å². The first kappa shape index (κ1) is 15.1. The van der Waals surface area contributed by atoms with E-state index in [1.54, 1.807) is 0 Å². The molecule has 0 aliphatic carbocycles. The van der Waals surface area contributed by atoms with Crippen LogP contribution in [0.25, 0.3) is 0 Å². The van der Waals surface area contributed by atoms with Crippen molar-refractivity contribution < 1.29 is 13.5 Å². The van der Waals surface area contributed by atoms with Crippen LogP contribution in [0.1, 0.15) is 29.2 Å². The van der Waals surface area contributed by atoms with Crippen molar-refractivity contribution in [2.24, 2.45) is 0 Å². The lowest BCUT2D eigenvalue weighted by molar-refractivity contribution is 0.0145. The summed E-state index contributed by atoms with van der Waals surface area (Å²) in [4.78, 5) is 0. The summed E-state index contributed by atoms with van der Waals surface area (Å²) in [6, 6.07) is 6.41. The van der Waals surface area contributed by atoms with Gasteiger partial charge in [-0.3, -0.25) is 0 Å². The van der Waals surface area contributed by atoms with Crippen LogP contribution in [-0.4, -0.2) is 26.7 Å². The van der Waals surface area contributed by atoms with Crippen LogP contribution in [0.5, 0.6) is 0 Å². The summed E-state index contributed by atoms with van der Waals surface area (Å²) < 4.78 is 28.8. The van der Waals surface area contributed by atoms with E-state index in [0.717, 1.165) is 0 Å². The molecule has 0 bridgehead atoms. The number of hydrogen-bond acceptors (Lipinski definition) is 2. The minimum atomic E-state index is -2.39. The summed E-state index contributed by atoms with van der Waals surface area (Å²) in [7, 11) is 1.87. The molecule has 0 aromatic heterocycles. The average molecular weight is 257 g/mol. The minimum absolute atomic E-state index is 0.141. The maximum Gasteiger partial charge on any atom is 0.261 e. The highest BCUT2D eigenvalue weighted by molar-refractivity contribution is 5.31. The molecule has 1 aromatic carbocycles. The van der Waals surface area contributed by atoms with Gasteiger partial charge in [-0.05, 0) is 44.0 Å². The highest BCUT2D eigenvalue weighted by atomic mass is 19.3. The molecule has 0 saturated carbocycles. The predicted molar refractivity (Wildman–Crippen MR) is 69.2 cm³/mol. The number of alkyl halides is 2. The first-order chi connectivity index (χ1) is 8.54. The molecule has 0 saturated heterocycles. The molecule has 0 heterocycles. The molecular weight excluding hydrogens is 236 g/mol. The highest BCUT2D eigenvalue weighted by Crippen LogP contribution is 2.19. The Bertz CT molecular complexity index is 369. The highest BCUT2D eigenvalue weighted by Gasteiger charge is 2.10. The molecule has 18 heavy (non-hydrogen) atoms. The molecule has 102 valence electrons. The molecule has 1 unspecified atom stereocenters. The molecule has 4 heteroatoms. The van der Waals surface area contributed by atoms with Crippen molar-refractivity contribution in [3.05, 3.63) is 34.9 Å². The van der Waals surface area contributed by atoms with Gasteiger partial charge in [0.1, 0.15) is 6.61 Å². The van der Waals surface area contributed by atoms with Gasteiger partial charge in [-0.2, -0.15) is 0 Å². The van der Waals surface area contributed by atoms with Gasteiger partial charge in [-0.15, -0.1) is 0 Å². The molecule has 1 rings (SSSR count). The third kappa shape index (κ3) is 4.70. The normalized spacial score (nSPS) is 13.0. The van der Waals surface area contributed by atoms with Crippen molar-refractivity contribution in [2.45, 2.75) is 32.7 Å². The van der Waals surface area contributed by atoms with Gasteiger partial charge in [-0.1, -0.05) is 18.2 Å². The van der Waals surface area contributed by atoms with Crippen molar-refractivity contribution in [2.75, 3.05) is 20.3 Å². The second-order valence-corrected chi connectivity index (χ2v) is 4.44. The van der Waals surface area contributed by atoms with Crippen molar-refractivity contribution in [1.29, 1.82) is 0 Å². The lowest BCUT2D eigenvalue weighted by Crippen LogP contribution is -2.19. The Labute approximate surface area is 107 Å². The molecule has 1 atom stereocenters. The fraction of sp³-hybridized carbons (Fsp3) is 0.571. The molecule has 0 amide bonds. The van der Waals surface area contributed by atoms with Gasteiger partial charge in [0.25, 0.3) is 6.43 Å². The van der Waals surface area contributed by atoms with E-state index in [2.05, 4.69) is 37.4 Å². The summed E-state index contributed by atoms with van der Waals surface area (Å²) in [5, 5.41) is 3.19. The fourth-order valence-electron chi connectivity index (χ4n) is 1.83. The van der Waals surface area contributed by atoms with Gasteiger partial charge >= 0.3 is 0 Å². The van der Waals surface area contributed by atoms with Gasteiger partial charge < -0.3 is 10.1 Å². The molecule has 0 aliphatic heterocycles. The Hall–Kier alpha value is -1.00. The summed E-state index contributed by atoms with van der Waals surface area (Å²) in [6.07, 6.45) is -1.70. The second kappa shape index (κ2) is 7.44. The van der Waals surface area contributed by atoms with Gasteiger partial charge in [0, 0.05) is 12.6 Å². The zero-order valence-corrected chi connectivity index (χ0v) is 11.2. The third-order valence-electron chi connectivity index (χ3n) is 3.08. The fourth-order valence-corrected chi connectivity index (χ4v) is 1.83. The molecule has 2 nitrogen and oxygen atoms in total. The Morgan fingerprint density at radius 1 is 1.22 bits per heavy atom. The molecule has 0 fully saturated rings.